The predicted octanol–water partition coefficient (Wildman–Crippen LogP) is 2.38. The molecule has 0 saturated heterocycles. The van der Waals surface area contributed by atoms with E-state index in [1.54, 1.807) is 19.1 Å². The molecule has 0 N–H and O–H groups in total. The smallest absolute Gasteiger partial charge is 0.313 e. The van der Waals surface area contributed by atoms with Crippen LogP contribution in [0.2, 0.25) is 0 Å². The van der Waals surface area contributed by atoms with Gasteiger partial charge in [-0.2, -0.15) is 0 Å². The fourth-order valence-electron chi connectivity index (χ4n) is 1.24. The summed E-state index contributed by atoms with van der Waals surface area (Å²) < 4.78 is 4.64. The molecule has 100 valence electrons. The molecule has 0 radical (unpaired) electrons. The lowest BCUT2D eigenvalue weighted by molar-refractivity contribution is -0.145. The SMILES string of the molecule is C=CCC/C=C\C(=O)CCC(=O)CC(=O)OCC. The zero-order chi connectivity index (χ0) is 13.8. The van der Waals surface area contributed by atoms with Crippen LogP contribution in [0.1, 0.15) is 39.0 Å². The molecule has 0 aromatic rings. The van der Waals surface area contributed by atoms with Crippen molar-refractivity contribution in [3.63, 3.8) is 0 Å². The van der Waals surface area contributed by atoms with Crippen molar-refractivity contribution in [3.05, 3.63) is 24.8 Å². The number of carbonyl (C=O) groups is 3. The lowest BCUT2D eigenvalue weighted by Gasteiger charge is -2.00. The van der Waals surface area contributed by atoms with E-state index in [2.05, 4.69) is 11.3 Å². The van der Waals surface area contributed by atoms with Crippen LogP contribution in [0.3, 0.4) is 0 Å². The number of ether oxygens (including phenoxy) is 1. The molecule has 0 saturated carbocycles. The van der Waals surface area contributed by atoms with Gasteiger partial charge in [0.1, 0.15) is 12.2 Å². The number of allylic oxidation sites excluding steroid dienone is 3. The van der Waals surface area contributed by atoms with Gasteiger partial charge in [0.05, 0.1) is 6.61 Å². The molecule has 0 aromatic heterocycles. The molecule has 0 aliphatic heterocycles. The number of hydrogen-bond acceptors (Lipinski definition) is 4. The fourth-order valence-corrected chi connectivity index (χ4v) is 1.24. The van der Waals surface area contributed by atoms with Gasteiger partial charge in [-0.05, 0) is 25.8 Å². The normalized spacial score (nSPS) is 10.3. The van der Waals surface area contributed by atoms with Gasteiger partial charge in [0.15, 0.2) is 5.78 Å². The molecule has 0 amide bonds. The first-order chi connectivity index (χ1) is 8.60. The highest BCUT2D eigenvalue weighted by atomic mass is 16.5. The van der Waals surface area contributed by atoms with Crippen LogP contribution in [0.5, 0.6) is 0 Å². The Morgan fingerprint density at radius 2 is 1.89 bits per heavy atom. The molecule has 0 aromatic carbocycles. The number of carbonyl (C=O) groups excluding carboxylic acids is 3. The molecule has 4 heteroatoms. The van der Waals surface area contributed by atoms with E-state index in [-0.39, 0.29) is 37.4 Å². The Morgan fingerprint density at radius 1 is 1.17 bits per heavy atom. The molecular weight excluding hydrogens is 232 g/mol. The van der Waals surface area contributed by atoms with E-state index in [4.69, 9.17) is 0 Å². The molecule has 0 bridgehead atoms. The average Bonchev–Trinajstić information content (AvgIpc) is 2.32. The van der Waals surface area contributed by atoms with Gasteiger partial charge in [0, 0.05) is 12.8 Å². The van der Waals surface area contributed by atoms with E-state index in [0.29, 0.717) is 0 Å². The van der Waals surface area contributed by atoms with Crippen molar-refractivity contribution in [2.75, 3.05) is 6.61 Å². The number of Topliss-reactive ketones (excluding diaryl/α,β-unsaturated/α-hetero) is 1. The van der Waals surface area contributed by atoms with Gasteiger partial charge in [0.2, 0.25) is 0 Å². The Hall–Kier alpha value is -1.71. The van der Waals surface area contributed by atoms with Crippen LogP contribution >= 0.6 is 0 Å². The van der Waals surface area contributed by atoms with Gasteiger partial charge in [0.25, 0.3) is 0 Å². The molecule has 0 aliphatic rings. The van der Waals surface area contributed by atoms with Gasteiger partial charge in [-0.15, -0.1) is 6.58 Å². The summed E-state index contributed by atoms with van der Waals surface area (Å²) in [5.74, 6) is -0.894. The third kappa shape index (κ3) is 9.51. The zero-order valence-corrected chi connectivity index (χ0v) is 10.8. The van der Waals surface area contributed by atoms with Crippen molar-refractivity contribution in [2.45, 2.75) is 39.0 Å². The summed E-state index contributed by atoms with van der Waals surface area (Å²) in [5, 5.41) is 0. The van der Waals surface area contributed by atoms with E-state index in [0.717, 1.165) is 12.8 Å². The summed E-state index contributed by atoms with van der Waals surface area (Å²) in [5.41, 5.74) is 0. The second-order valence-electron chi connectivity index (χ2n) is 3.76. The maximum Gasteiger partial charge on any atom is 0.313 e. The van der Waals surface area contributed by atoms with Crippen molar-refractivity contribution in [3.8, 4) is 0 Å². The largest absolute Gasteiger partial charge is 0.466 e. The first-order valence-electron chi connectivity index (χ1n) is 6.07. The van der Waals surface area contributed by atoms with Crippen LogP contribution in [-0.4, -0.2) is 24.1 Å². The maximum atomic E-state index is 11.3. The highest BCUT2D eigenvalue weighted by Gasteiger charge is 2.11. The predicted molar refractivity (Wildman–Crippen MR) is 69.1 cm³/mol. The summed E-state index contributed by atoms with van der Waals surface area (Å²) in [6, 6.07) is 0. The Bertz CT molecular complexity index is 329. The summed E-state index contributed by atoms with van der Waals surface area (Å²) in [7, 11) is 0. The van der Waals surface area contributed by atoms with E-state index >= 15 is 0 Å². The highest BCUT2D eigenvalue weighted by Crippen LogP contribution is 2.00. The lowest BCUT2D eigenvalue weighted by Crippen LogP contribution is -2.11. The number of rotatable bonds is 10. The van der Waals surface area contributed by atoms with Crippen LogP contribution in [0, 0.1) is 0 Å². The standard InChI is InChI=1S/C14H20O4/c1-3-5-6-7-8-12(15)9-10-13(16)11-14(17)18-4-2/h3,7-8H,1,4-6,9-11H2,2H3/b8-7-. The topological polar surface area (TPSA) is 60.4 Å². The maximum absolute atomic E-state index is 11.3. The minimum atomic E-state index is -0.531. The number of ketones is 2. The second kappa shape index (κ2) is 10.4. The zero-order valence-electron chi connectivity index (χ0n) is 10.8. The van der Waals surface area contributed by atoms with Gasteiger partial charge in [-0.1, -0.05) is 12.2 Å². The lowest BCUT2D eigenvalue weighted by atomic mass is 10.1. The van der Waals surface area contributed by atoms with E-state index < -0.39 is 5.97 Å². The van der Waals surface area contributed by atoms with Gasteiger partial charge in [-0.3, -0.25) is 14.4 Å². The van der Waals surface area contributed by atoms with E-state index in [9.17, 15) is 14.4 Å². The van der Waals surface area contributed by atoms with Gasteiger partial charge in [-0.25, -0.2) is 0 Å². The summed E-state index contributed by atoms with van der Waals surface area (Å²) in [6.45, 7) is 5.51. The van der Waals surface area contributed by atoms with Gasteiger partial charge < -0.3 is 4.74 Å². The third-order valence-corrected chi connectivity index (χ3v) is 2.14. The van der Waals surface area contributed by atoms with Crippen molar-refractivity contribution >= 4 is 17.5 Å². The first kappa shape index (κ1) is 16.3. The van der Waals surface area contributed by atoms with Crippen LogP contribution in [0.25, 0.3) is 0 Å². The van der Waals surface area contributed by atoms with Crippen molar-refractivity contribution in [2.24, 2.45) is 0 Å². The second-order valence-corrected chi connectivity index (χ2v) is 3.76. The molecule has 0 fully saturated rings. The summed E-state index contributed by atoms with van der Waals surface area (Å²) in [6.07, 6.45) is 6.59. The van der Waals surface area contributed by atoms with Gasteiger partial charge >= 0.3 is 5.97 Å². The molecule has 0 spiro atoms. The molecule has 0 rings (SSSR count). The number of esters is 1. The molecular formula is C14H20O4. The molecule has 0 unspecified atom stereocenters. The van der Waals surface area contributed by atoms with E-state index in [1.165, 1.54) is 6.08 Å². The molecule has 0 heterocycles. The van der Waals surface area contributed by atoms with Crippen LogP contribution in [-0.2, 0) is 19.1 Å². The van der Waals surface area contributed by atoms with Crippen LogP contribution in [0.4, 0.5) is 0 Å². The van der Waals surface area contributed by atoms with Crippen molar-refractivity contribution < 1.29 is 19.1 Å². The van der Waals surface area contributed by atoms with Crippen molar-refractivity contribution in [1.82, 2.24) is 0 Å². The fraction of sp³-hybridized carbons (Fsp3) is 0.500. The number of hydrogen-bond donors (Lipinski definition) is 0. The Labute approximate surface area is 108 Å². The first-order valence-corrected chi connectivity index (χ1v) is 6.07. The Kier molecular flexibility index (Phi) is 9.45. The minimum Gasteiger partial charge on any atom is -0.466 e. The Balaban J connectivity index is 3.77. The average molecular weight is 252 g/mol. The summed E-state index contributed by atoms with van der Waals surface area (Å²) in [4.78, 5) is 33.7. The third-order valence-electron chi connectivity index (χ3n) is 2.14. The summed E-state index contributed by atoms with van der Waals surface area (Å²) >= 11 is 0. The highest BCUT2D eigenvalue weighted by molar-refractivity contribution is 5.98. The molecule has 0 aliphatic carbocycles. The van der Waals surface area contributed by atoms with Crippen LogP contribution in [0.15, 0.2) is 24.8 Å². The Morgan fingerprint density at radius 3 is 2.50 bits per heavy atom. The monoisotopic (exact) mass is 252 g/mol. The number of unbranched alkanes of at least 4 members (excludes halogenated alkanes) is 1. The molecule has 4 nitrogen and oxygen atoms in total. The van der Waals surface area contributed by atoms with Crippen molar-refractivity contribution in [1.29, 1.82) is 0 Å². The van der Waals surface area contributed by atoms with Crippen LogP contribution < -0.4 is 0 Å². The van der Waals surface area contributed by atoms with E-state index in [1.807, 2.05) is 0 Å². The quantitative estimate of drug-likeness (QED) is 0.197. The molecule has 18 heavy (non-hydrogen) atoms. The minimum absolute atomic E-state index is 0.0868. The molecule has 0 atom stereocenters.